The minimum atomic E-state index is -0.511. The molecule has 0 spiro atoms. The lowest BCUT2D eigenvalue weighted by Gasteiger charge is -2.40. The zero-order valence-electron chi connectivity index (χ0n) is 17.7. The zero-order chi connectivity index (χ0) is 22.5. The molecule has 1 saturated heterocycles. The van der Waals surface area contributed by atoms with E-state index in [1.807, 2.05) is 18.2 Å². The van der Waals surface area contributed by atoms with Gasteiger partial charge in [0.05, 0.1) is 11.2 Å². The molecule has 0 unspecified atom stereocenters. The third kappa shape index (κ3) is 3.77. The quantitative estimate of drug-likeness (QED) is 0.404. The summed E-state index contributed by atoms with van der Waals surface area (Å²) >= 11 is 11.2. The minimum absolute atomic E-state index is 0.0228. The van der Waals surface area contributed by atoms with Crippen LogP contribution in [0.3, 0.4) is 0 Å². The molecule has 5 nitrogen and oxygen atoms in total. The first-order chi connectivity index (χ1) is 14.6. The van der Waals surface area contributed by atoms with E-state index in [9.17, 15) is 9.59 Å². The molecule has 0 aliphatic carbocycles. The highest BCUT2D eigenvalue weighted by atomic mass is 35.5. The normalized spacial score (nSPS) is 19.3. The number of thiocarbonyl (C=S) groups is 1. The Balaban J connectivity index is 1.73. The van der Waals surface area contributed by atoms with Gasteiger partial charge in [0.25, 0.3) is 11.8 Å². The Kier molecular flexibility index (Phi) is 5.23. The van der Waals surface area contributed by atoms with Gasteiger partial charge in [0.2, 0.25) is 0 Å². The van der Waals surface area contributed by atoms with Crippen molar-refractivity contribution in [3.63, 3.8) is 0 Å². The van der Waals surface area contributed by atoms with Crippen molar-refractivity contribution >= 4 is 63.8 Å². The summed E-state index contributed by atoms with van der Waals surface area (Å²) < 4.78 is 0. The van der Waals surface area contributed by atoms with E-state index in [2.05, 4.69) is 44.1 Å². The highest BCUT2D eigenvalue weighted by molar-refractivity contribution is 7.80. The summed E-state index contributed by atoms with van der Waals surface area (Å²) in [6, 6.07) is 12.6. The number of benzene rings is 2. The van der Waals surface area contributed by atoms with Gasteiger partial charge < -0.3 is 4.90 Å². The first kappa shape index (κ1) is 21.3. The number of carbonyl (C=O) groups is 2. The van der Waals surface area contributed by atoms with Crippen molar-refractivity contribution in [1.82, 2.24) is 5.32 Å². The number of carbonyl (C=O) groups excluding carboxylic acids is 2. The number of rotatable bonds is 2. The number of hydrogen-bond acceptors (Lipinski definition) is 4. The standard InChI is InChI=1S/C24H22ClN3O2S/c1-14-13-24(2,3)27(4)20-10-5-15(11-18(14)20)12-19-21(29)26-23(31)28(22(19)30)17-8-6-16(25)7-9-17/h5-13H,1-4H3,(H,26,29,31)/b19-12-. The maximum absolute atomic E-state index is 13.2. The van der Waals surface area contributed by atoms with E-state index < -0.39 is 11.8 Å². The summed E-state index contributed by atoms with van der Waals surface area (Å²) in [6.45, 7) is 6.40. The highest BCUT2D eigenvalue weighted by Crippen LogP contribution is 2.38. The minimum Gasteiger partial charge on any atom is -0.366 e. The van der Waals surface area contributed by atoms with Gasteiger partial charge in [-0.25, -0.2) is 0 Å². The average Bonchev–Trinajstić information content (AvgIpc) is 2.70. The predicted molar refractivity (Wildman–Crippen MR) is 130 cm³/mol. The van der Waals surface area contributed by atoms with Crippen molar-refractivity contribution in [2.75, 3.05) is 16.8 Å². The molecule has 2 amide bonds. The Hall–Kier alpha value is -2.96. The first-order valence-corrected chi connectivity index (χ1v) is 10.6. The zero-order valence-corrected chi connectivity index (χ0v) is 19.3. The third-order valence-corrected chi connectivity index (χ3v) is 6.28. The Morgan fingerprint density at radius 3 is 2.45 bits per heavy atom. The SMILES string of the molecule is CC1=CC(C)(C)N(C)c2ccc(/C=C3/C(=O)NC(=S)N(c4ccc(Cl)cc4)C3=O)cc21. The Morgan fingerprint density at radius 1 is 1.10 bits per heavy atom. The Bertz CT molecular complexity index is 1180. The van der Waals surface area contributed by atoms with Crippen molar-refractivity contribution in [2.24, 2.45) is 0 Å². The predicted octanol–water partition coefficient (Wildman–Crippen LogP) is 4.80. The molecule has 2 aromatic carbocycles. The molecule has 1 fully saturated rings. The molecule has 0 aromatic heterocycles. The molecule has 0 saturated carbocycles. The van der Waals surface area contributed by atoms with Crippen LogP contribution in [-0.2, 0) is 9.59 Å². The lowest BCUT2D eigenvalue weighted by Crippen LogP contribution is -2.54. The maximum Gasteiger partial charge on any atom is 0.270 e. The van der Waals surface area contributed by atoms with Crippen molar-refractivity contribution in [1.29, 1.82) is 0 Å². The molecule has 0 bridgehead atoms. The number of nitrogens with zero attached hydrogens (tertiary/aromatic N) is 2. The van der Waals surface area contributed by atoms with Crippen molar-refractivity contribution in [2.45, 2.75) is 26.3 Å². The van der Waals surface area contributed by atoms with E-state index in [4.69, 9.17) is 23.8 Å². The smallest absolute Gasteiger partial charge is 0.270 e. The fourth-order valence-corrected chi connectivity index (χ4v) is 4.32. The van der Waals surface area contributed by atoms with Crippen LogP contribution < -0.4 is 15.1 Å². The molecule has 1 N–H and O–H groups in total. The fourth-order valence-electron chi connectivity index (χ4n) is 3.92. The number of halogens is 1. The lowest BCUT2D eigenvalue weighted by atomic mass is 9.88. The highest BCUT2D eigenvalue weighted by Gasteiger charge is 2.34. The molecular weight excluding hydrogens is 430 g/mol. The van der Waals surface area contributed by atoms with Crippen molar-refractivity contribution in [3.05, 3.63) is 70.3 Å². The van der Waals surface area contributed by atoms with Gasteiger partial charge in [-0.2, -0.15) is 0 Å². The molecule has 2 heterocycles. The van der Waals surface area contributed by atoms with E-state index in [1.165, 1.54) is 4.90 Å². The van der Waals surface area contributed by atoms with Crippen LogP contribution in [0.5, 0.6) is 0 Å². The number of fused-ring (bicyclic) bond motifs is 1. The van der Waals surface area contributed by atoms with Gasteiger partial charge in [0.1, 0.15) is 5.57 Å². The van der Waals surface area contributed by atoms with E-state index in [-0.39, 0.29) is 16.2 Å². The van der Waals surface area contributed by atoms with E-state index >= 15 is 0 Å². The molecule has 0 atom stereocenters. The monoisotopic (exact) mass is 451 g/mol. The molecule has 31 heavy (non-hydrogen) atoms. The van der Waals surface area contributed by atoms with E-state index in [0.717, 1.165) is 22.4 Å². The second-order valence-corrected chi connectivity index (χ2v) is 9.07. The number of likely N-dealkylation sites (N-methyl/N-ethyl adjacent to an activating group) is 1. The lowest BCUT2D eigenvalue weighted by molar-refractivity contribution is -0.122. The maximum atomic E-state index is 13.2. The van der Waals surface area contributed by atoms with E-state index in [0.29, 0.717) is 10.7 Å². The largest absolute Gasteiger partial charge is 0.366 e. The molecule has 7 heteroatoms. The van der Waals surface area contributed by atoms with Crippen LogP contribution in [0.15, 0.2) is 54.1 Å². The van der Waals surface area contributed by atoms with Crippen LogP contribution in [0.4, 0.5) is 11.4 Å². The van der Waals surface area contributed by atoms with Gasteiger partial charge in [-0.15, -0.1) is 0 Å². The van der Waals surface area contributed by atoms with Gasteiger partial charge in [0, 0.05) is 23.3 Å². The number of hydrogen-bond donors (Lipinski definition) is 1. The summed E-state index contributed by atoms with van der Waals surface area (Å²) in [5, 5.41) is 3.20. The van der Waals surface area contributed by atoms with Crippen LogP contribution in [0.2, 0.25) is 5.02 Å². The molecule has 2 aromatic rings. The fraction of sp³-hybridized carbons (Fsp3) is 0.208. The van der Waals surface area contributed by atoms with Crippen molar-refractivity contribution < 1.29 is 9.59 Å². The summed E-state index contributed by atoms with van der Waals surface area (Å²) in [5.41, 5.74) is 4.57. The molecule has 0 radical (unpaired) electrons. The summed E-state index contributed by atoms with van der Waals surface area (Å²) in [7, 11) is 2.06. The first-order valence-electron chi connectivity index (χ1n) is 9.83. The Morgan fingerprint density at radius 2 is 1.77 bits per heavy atom. The molecular formula is C24H22ClN3O2S. The van der Waals surface area contributed by atoms with Crippen molar-refractivity contribution in [3.8, 4) is 0 Å². The van der Waals surface area contributed by atoms with Crippen LogP contribution in [0, 0.1) is 0 Å². The molecule has 158 valence electrons. The van der Waals surface area contributed by atoms with Gasteiger partial charge in [-0.3, -0.25) is 19.8 Å². The van der Waals surface area contributed by atoms with Crippen LogP contribution in [0.1, 0.15) is 31.9 Å². The molecule has 4 rings (SSSR count). The second-order valence-electron chi connectivity index (χ2n) is 8.25. The summed E-state index contributed by atoms with van der Waals surface area (Å²) in [4.78, 5) is 29.3. The average molecular weight is 452 g/mol. The van der Waals surface area contributed by atoms with Gasteiger partial charge in [0.15, 0.2) is 5.11 Å². The van der Waals surface area contributed by atoms with Gasteiger partial charge in [-0.1, -0.05) is 23.7 Å². The summed E-state index contributed by atoms with van der Waals surface area (Å²) in [6.07, 6.45) is 3.82. The van der Waals surface area contributed by atoms with Crippen LogP contribution >= 0.6 is 23.8 Å². The van der Waals surface area contributed by atoms with E-state index in [1.54, 1.807) is 30.3 Å². The summed E-state index contributed by atoms with van der Waals surface area (Å²) in [5.74, 6) is -0.984. The molecule has 2 aliphatic heterocycles. The number of anilines is 2. The van der Waals surface area contributed by atoms with Crippen LogP contribution in [0.25, 0.3) is 11.6 Å². The third-order valence-electron chi connectivity index (χ3n) is 5.74. The van der Waals surface area contributed by atoms with Crippen LogP contribution in [-0.4, -0.2) is 29.5 Å². The number of amides is 2. The number of nitrogens with one attached hydrogen (secondary N) is 1. The molecule has 2 aliphatic rings. The number of allylic oxidation sites excluding steroid dienone is 1. The second kappa shape index (κ2) is 7.62. The van der Waals surface area contributed by atoms with Gasteiger partial charge in [-0.05, 0) is 86.6 Å². The Labute approximate surface area is 192 Å². The van der Waals surface area contributed by atoms with Gasteiger partial charge >= 0.3 is 0 Å². The topological polar surface area (TPSA) is 52.7 Å².